The predicted octanol–water partition coefficient (Wildman–Crippen LogP) is 3.65. The fraction of sp³-hybridized carbons (Fsp3) is 0.200. The van der Waals surface area contributed by atoms with E-state index in [1.165, 1.54) is 0 Å². The standard InChI is InChI=1S/C15H16ClNO2/c1-18-9-11-4-2-5-12(8-11)19-10-13-14(16)6-3-7-15(13)17/h2-8H,9-10,17H2,1H3. The molecule has 100 valence electrons. The number of anilines is 1. The van der Waals surface area contributed by atoms with Crippen LogP contribution in [0.4, 0.5) is 5.69 Å². The number of rotatable bonds is 5. The Labute approximate surface area is 117 Å². The van der Waals surface area contributed by atoms with Crippen molar-refractivity contribution in [1.82, 2.24) is 0 Å². The van der Waals surface area contributed by atoms with Crippen molar-refractivity contribution in [2.45, 2.75) is 13.2 Å². The number of ether oxygens (including phenoxy) is 2. The molecule has 0 aromatic heterocycles. The average molecular weight is 278 g/mol. The van der Waals surface area contributed by atoms with Crippen LogP contribution in [0.1, 0.15) is 11.1 Å². The van der Waals surface area contributed by atoms with E-state index in [4.69, 9.17) is 26.8 Å². The van der Waals surface area contributed by atoms with E-state index in [0.717, 1.165) is 16.9 Å². The van der Waals surface area contributed by atoms with Crippen LogP contribution in [-0.2, 0) is 18.0 Å². The number of methoxy groups -OCH3 is 1. The van der Waals surface area contributed by atoms with Crippen LogP contribution in [0.25, 0.3) is 0 Å². The topological polar surface area (TPSA) is 44.5 Å². The summed E-state index contributed by atoms with van der Waals surface area (Å²) in [6, 6.07) is 13.2. The maximum Gasteiger partial charge on any atom is 0.120 e. The minimum Gasteiger partial charge on any atom is -0.489 e. The number of benzene rings is 2. The second-order valence-corrected chi connectivity index (χ2v) is 4.58. The fourth-order valence-corrected chi connectivity index (χ4v) is 2.01. The van der Waals surface area contributed by atoms with Gasteiger partial charge in [-0.2, -0.15) is 0 Å². The van der Waals surface area contributed by atoms with Crippen molar-refractivity contribution in [1.29, 1.82) is 0 Å². The Morgan fingerprint density at radius 2 is 1.89 bits per heavy atom. The van der Waals surface area contributed by atoms with Crippen molar-refractivity contribution >= 4 is 17.3 Å². The number of nitrogen functional groups attached to an aromatic ring is 1. The summed E-state index contributed by atoms with van der Waals surface area (Å²) >= 11 is 6.10. The molecule has 2 aromatic rings. The SMILES string of the molecule is COCc1cccc(OCc2c(N)cccc2Cl)c1. The summed E-state index contributed by atoms with van der Waals surface area (Å²) in [5.41, 5.74) is 8.39. The zero-order valence-corrected chi connectivity index (χ0v) is 11.5. The van der Waals surface area contributed by atoms with Crippen LogP contribution < -0.4 is 10.5 Å². The largest absolute Gasteiger partial charge is 0.489 e. The van der Waals surface area contributed by atoms with Crippen LogP contribution in [0.2, 0.25) is 5.02 Å². The highest BCUT2D eigenvalue weighted by atomic mass is 35.5. The Hall–Kier alpha value is -1.71. The zero-order chi connectivity index (χ0) is 13.7. The predicted molar refractivity (Wildman–Crippen MR) is 77.4 cm³/mol. The number of nitrogens with two attached hydrogens (primary N) is 1. The molecule has 4 heteroatoms. The van der Waals surface area contributed by atoms with Crippen molar-refractivity contribution < 1.29 is 9.47 Å². The van der Waals surface area contributed by atoms with Crippen LogP contribution in [0.5, 0.6) is 5.75 Å². The summed E-state index contributed by atoms with van der Waals surface area (Å²) in [5.74, 6) is 0.772. The zero-order valence-electron chi connectivity index (χ0n) is 10.7. The van der Waals surface area contributed by atoms with Crippen LogP contribution in [0, 0.1) is 0 Å². The van der Waals surface area contributed by atoms with Gasteiger partial charge >= 0.3 is 0 Å². The summed E-state index contributed by atoms with van der Waals surface area (Å²) in [4.78, 5) is 0. The van der Waals surface area contributed by atoms with Crippen molar-refractivity contribution in [2.75, 3.05) is 12.8 Å². The van der Waals surface area contributed by atoms with E-state index in [1.807, 2.05) is 36.4 Å². The van der Waals surface area contributed by atoms with Crippen molar-refractivity contribution in [3.63, 3.8) is 0 Å². The highest BCUT2D eigenvalue weighted by Gasteiger charge is 2.05. The fourth-order valence-electron chi connectivity index (χ4n) is 1.77. The van der Waals surface area contributed by atoms with Gasteiger partial charge in [0.15, 0.2) is 0 Å². The first-order valence-corrected chi connectivity index (χ1v) is 6.32. The maximum absolute atomic E-state index is 6.10. The van der Waals surface area contributed by atoms with Gasteiger partial charge in [0.1, 0.15) is 12.4 Å². The summed E-state index contributed by atoms with van der Waals surface area (Å²) in [6.07, 6.45) is 0. The third kappa shape index (κ3) is 3.63. The molecule has 0 bridgehead atoms. The van der Waals surface area contributed by atoms with Gasteiger partial charge in [-0.3, -0.25) is 0 Å². The van der Waals surface area contributed by atoms with Gasteiger partial charge in [0.2, 0.25) is 0 Å². The molecule has 0 aliphatic rings. The summed E-state index contributed by atoms with van der Waals surface area (Å²) in [7, 11) is 1.66. The minimum absolute atomic E-state index is 0.349. The third-order valence-corrected chi connectivity index (χ3v) is 3.10. The molecule has 0 saturated heterocycles. The van der Waals surface area contributed by atoms with Crippen LogP contribution >= 0.6 is 11.6 Å². The first kappa shape index (κ1) is 13.7. The molecular weight excluding hydrogens is 262 g/mol. The Bertz CT molecular complexity index is 537. The van der Waals surface area contributed by atoms with E-state index < -0.39 is 0 Å². The molecule has 0 amide bonds. The molecule has 0 unspecified atom stereocenters. The van der Waals surface area contributed by atoms with Crippen molar-refractivity contribution in [3.8, 4) is 5.75 Å². The molecular formula is C15H16ClNO2. The Kier molecular flexibility index (Phi) is 4.66. The van der Waals surface area contributed by atoms with Gasteiger partial charge in [0.25, 0.3) is 0 Å². The van der Waals surface area contributed by atoms with Crippen LogP contribution in [-0.4, -0.2) is 7.11 Å². The van der Waals surface area contributed by atoms with Gasteiger partial charge < -0.3 is 15.2 Å². The quantitative estimate of drug-likeness (QED) is 0.849. The first-order chi connectivity index (χ1) is 9.20. The lowest BCUT2D eigenvalue weighted by molar-refractivity contribution is 0.184. The van der Waals surface area contributed by atoms with E-state index in [1.54, 1.807) is 13.2 Å². The van der Waals surface area contributed by atoms with Crippen molar-refractivity contribution in [3.05, 3.63) is 58.6 Å². The summed E-state index contributed by atoms with van der Waals surface area (Å²) in [5, 5.41) is 0.619. The highest BCUT2D eigenvalue weighted by molar-refractivity contribution is 6.31. The molecule has 0 aliphatic carbocycles. The van der Waals surface area contributed by atoms with E-state index >= 15 is 0 Å². The van der Waals surface area contributed by atoms with E-state index in [0.29, 0.717) is 23.9 Å². The Morgan fingerprint density at radius 1 is 1.11 bits per heavy atom. The molecule has 0 fully saturated rings. The van der Waals surface area contributed by atoms with Crippen LogP contribution in [0.15, 0.2) is 42.5 Å². The number of halogens is 1. The van der Waals surface area contributed by atoms with Crippen molar-refractivity contribution in [2.24, 2.45) is 0 Å². The van der Waals surface area contributed by atoms with E-state index in [2.05, 4.69) is 0 Å². The van der Waals surface area contributed by atoms with E-state index in [9.17, 15) is 0 Å². The lowest BCUT2D eigenvalue weighted by Gasteiger charge is -2.11. The molecule has 0 spiro atoms. The molecule has 0 radical (unpaired) electrons. The number of hydrogen-bond acceptors (Lipinski definition) is 3. The molecule has 0 atom stereocenters. The van der Waals surface area contributed by atoms with Gasteiger partial charge in [-0.25, -0.2) is 0 Å². The van der Waals surface area contributed by atoms with Gasteiger partial charge in [-0.1, -0.05) is 29.8 Å². The Balaban J connectivity index is 2.08. The normalized spacial score (nSPS) is 10.4. The second kappa shape index (κ2) is 6.45. The molecule has 2 rings (SSSR count). The first-order valence-electron chi connectivity index (χ1n) is 5.94. The van der Waals surface area contributed by atoms with Gasteiger partial charge in [0.05, 0.1) is 6.61 Å². The molecule has 0 heterocycles. The molecule has 0 saturated carbocycles. The molecule has 3 nitrogen and oxygen atoms in total. The minimum atomic E-state index is 0.349. The molecule has 19 heavy (non-hydrogen) atoms. The lowest BCUT2D eigenvalue weighted by Crippen LogP contribution is -2.01. The molecule has 2 aromatic carbocycles. The van der Waals surface area contributed by atoms with E-state index in [-0.39, 0.29) is 0 Å². The smallest absolute Gasteiger partial charge is 0.120 e. The van der Waals surface area contributed by atoms with Gasteiger partial charge in [0, 0.05) is 23.4 Å². The molecule has 0 aliphatic heterocycles. The molecule has 2 N–H and O–H groups in total. The summed E-state index contributed by atoms with van der Waals surface area (Å²) in [6.45, 7) is 0.910. The summed E-state index contributed by atoms with van der Waals surface area (Å²) < 4.78 is 10.8. The monoisotopic (exact) mass is 277 g/mol. The van der Waals surface area contributed by atoms with Gasteiger partial charge in [-0.05, 0) is 29.8 Å². The third-order valence-electron chi connectivity index (χ3n) is 2.75. The maximum atomic E-state index is 6.10. The average Bonchev–Trinajstić information content (AvgIpc) is 2.39. The van der Waals surface area contributed by atoms with Gasteiger partial charge in [-0.15, -0.1) is 0 Å². The highest BCUT2D eigenvalue weighted by Crippen LogP contribution is 2.24. The number of hydrogen-bond donors (Lipinski definition) is 1. The Morgan fingerprint density at radius 3 is 2.63 bits per heavy atom. The lowest BCUT2D eigenvalue weighted by atomic mass is 10.2. The second-order valence-electron chi connectivity index (χ2n) is 4.18. The van der Waals surface area contributed by atoms with Crippen LogP contribution in [0.3, 0.4) is 0 Å².